The zero-order valence-electron chi connectivity index (χ0n) is 15.2. The summed E-state index contributed by atoms with van der Waals surface area (Å²) in [7, 11) is -2.30. The van der Waals surface area contributed by atoms with Gasteiger partial charge in [0.05, 0.1) is 7.11 Å². The first-order valence-electron chi connectivity index (χ1n) is 7.84. The largest absolute Gasteiger partial charge is 0.497 e. The second kappa shape index (κ2) is 7.68. The zero-order valence-corrected chi connectivity index (χ0v) is 16.9. The lowest BCUT2D eigenvalue weighted by Crippen LogP contribution is -2.27. The average molecular weight is 399 g/mol. The van der Waals surface area contributed by atoms with Gasteiger partial charge in [0.2, 0.25) is 15.4 Å². The monoisotopic (exact) mass is 398 g/mol. The number of nitrogens with zero attached hydrogens (tertiary/aromatic N) is 2. The predicted octanol–water partition coefficient (Wildman–Crippen LogP) is 2.57. The highest BCUT2D eigenvalue weighted by molar-refractivity contribution is 7.91. The summed E-state index contributed by atoms with van der Waals surface area (Å²) in [6.45, 7) is 6.97. The summed E-state index contributed by atoms with van der Waals surface area (Å²) >= 11 is 0.803. The van der Waals surface area contributed by atoms with Crippen LogP contribution >= 0.6 is 11.3 Å². The number of methoxy groups -OCH3 is 1. The Kier molecular flexibility index (Phi) is 5.99. The Morgan fingerprint density at radius 3 is 2.35 bits per heavy atom. The molecule has 0 aliphatic carbocycles. The number of rotatable bonds is 6. The van der Waals surface area contributed by atoms with Crippen molar-refractivity contribution in [3.05, 3.63) is 29.8 Å². The van der Waals surface area contributed by atoms with Gasteiger partial charge in [-0.1, -0.05) is 44.2 Å². The molecule has 0 unspecified atom stereocenters. The van der Waals surface area contributed by atoms with Crippen molar-refractivity contribution in [1.29, 1.82) is 0 Å². The van der Waals surface area contributed by atoms with E-state index in [9.17, 15) is 13.2 Å². The number of sulfonamides is 1. The van der Waals surface area contributed by atoms with Gasteiger partial charge >= 0.3 is 0 Å². The van der Waals surface area contributed by atoms with Gasteiger partial charge in [-0.25, -0.2) is 13.1 Å². The van der Waals surface area contributed by atoms with Gasteiger partial charge in [-0.15, -0.1) is 10.2 Å². The van der Waals surface area contributed by atoms with E-state index in [1.54, 1.807) is 59.1 Å². The molecule has 1 aromatic carbocycles. The standard InChI is InChI=1S/C16H22N4O4S2/c1-10(11-6-8-12(24-5)9-7-11)20-26(22,23)15-19-18-14(25-15)17-13(21)16(2,3)4/h6-10,20H,1-5H3,(H,17,18,21)/t10-/m0/s1. The van der Waals surface area contributed by atoms with Crippen molar-refractivity contribution in [3.63, 3.8) is 0 Å². The first-order valence-corrected chi connectivity index (χ1v) is 10.1. The van der Waals surface area contributed by atoms with Crippen LogP contribution in [0.4, 0.5) is 5.13 Å². The lowest BCUT2D eigenvalue weighted by Gasteiger charge is -2.15. The number of hydrogen-bond donors (Lipinski definition) is 2. The summed E-state index contributed by atoms with van der Waals surface area (Å²) in [5.74, 6) is 0.421. The smallest absolute Gasteiger partial charge is 0.270 e. The molecule has 1 aromatic heterocycles. The Labute approximate surface area is 157 Å². The van der Waals surface area contributed by atoms with Crippen LogP contribution in [0, 0.1) is 5.41 Å². The van der Waals surface area contributed by atoms with Gasteiger partial charge in [-0.2, -0.15) is 0 Å². The molecule has 142 valence electrons. The summed E-state index contributed by atoms with van der Waals surface area (Å²) < 4.78 is 32.4. The SMILES string of the molecule is COc1ccc([C@H](C)NS(=O)(=O)c2nnc(NC(=O)C(C)(C)C)s2)cc1. The molecule has 10 heteroatoms. The third-order valence-electron chi connectivity index (χ3n) is 3.49. The molecule has 0 saturated heterocycles. The lowest BCUT2D eigenvalue weighted by molar-refractivity contribution is -0.123. The van der Waals surface area contributed by atoms with E-state index >= 15 is 0 Å². The second-order valence-corrected chi connectivity index (χ2v) is 9.56. The maximum absolute atomic E-state index is 12.5. The normalized spacial score (nSPS) is 13.3. The molecule has 1 atom stereocenters. The molecule has 2 rings (SSSR count). The fourth-order valence-corrected chi connectivity index (χ4v) is 4.04. The maximum Gasteiger partial charge on any atom is 0.270 e. The van der Waals surface area contributed by atoms with Crippen molar-refractivity contribution >= 4 is 32.4 Å². The van der Waals surface area contributed by atoms with Crippen LogP contribution in [-0.2, 0) is 14.8 Å². The van der Waals surface area contributed by atoms with E-state index in [2.05, 4.69) is 20.2 Å². The van der Waals surface area contributed by atoms with Gasteiger partial charge in [-0.3, -0.25) is 4.79 Å². The lowest BCUT2D eigenvalue weighted by atomic mass is 9.96. The number of benzene rings is 1. The third-order valence-corrected chi connectivity index (χ3v) is 6.23. The number of ether oxygens (including phenoxy) is 1. The van der Waals surface area contributed by atoms with Crippen molar-refractivity contribution in [3.8, 4) is 5.75 Å². The van der Waals surface area contributed by atoms with Crippen molar-refractivity contribution in [2.75, 3.05) is 12.4 Å². The van der Waals surface area contributed by atoms with Crippen LogP contribution in [0.1, 0.15) is 39.3 Å². The van der Waals surface area contributed by atoms with Crippen LogP contribution in [0.2, 0.25) is 0 Å². The molecule has 1 heterocycles. The topological polar surface area (TPSA) is 110 Å². The Balaban J connectivity index is 2.11. The highest BCUT2D eigenvalue weighted by Crippen LogP contribution is 2.25. The Hall–Kier alpha value is -2.04. The Morgan fingerprint density at radius 2 is 1.81 bits per heavy atom. The second-order valence-electron chi connectivity index (χ2n) is 6.69. The van der Waals surface area contributed by atoms with Crippen LogP contribution in [0.3, 0.4) is 0 Å². The molecular formula is C16H22N4O4S2. The van der Waals surface area contributed by atoms with Gasteiger partial charge in [0.25, 0.3) is 10.0 Å². The van der Waals surface area contributed by atoms with Crippen LogP contribution in [0.5, 0.6) is 5.75 Å². The number of hydrogen-bond acceptors (Lipinski definition) is 7. The van der Waals surface area contributed by atoms with Crippen molar-refractivity contribution < 1.29 is 17.9 Å². The van der Waals surface area contributed by atoms with Crippen molar-refractivity contribution in [1.82, 2.24) is 14.9 Å². The fourth-order valence-electron chi connectivity index (χ4n) is 1.90. The Morgan fingerprint density at radius 1 is 1.19 bits per heavy atom. The Bertz CT molecular complexity index is 870. The van der Waals surface area contributed by atoms with E-state index in [1.807, 2.05) is 0 Å². The molecular weight excluding hydrogens is 376 g/mol. The zero-order chi connectivity index (χ0) is 19.5. The molecule has 2 aromatic rings. The predicted molar refractivity (Wildman–Crippen MR) is 99.7 cm³/mol. The summed E-state index contributed by atoms with van der Waals surface area (Å²) in [6, 6.07) is 6.60. The van der Waals surface area contributed by atoms with Crippen molar-refractivity contribution in [2.24, 2.45) is 5.41 Å². The first kappa shape index (κ1) is 20.3. The average Bonchev–Trinajstić information content (AvgIpc) is 3.03. The number of carbonyl (C=O) groups is 1. The maximum atomic E-state index is 12.5. The number of aromatic nitrogens is 2. The van der Waals surface area contributed by atoms with Crippen LogP contribution < -0.4 is 14.8 Å². The summed E-state index contributed by atoms with van der Waals surface area (Å²) in [4.78, 5) is 12.0. The van der Waals surface area contributed by atoms with Crippen LogP contribution in [-0.4, -0.2) is 31.6 Å². The van der Waals surface area contributed by atoms with Crippen LogP contribution in [0.15, 0.2) is 28.6 Å². The summed E-state index contributed by atoms with van der Waals surface area (Å²) in [5.41, 5.74) is 0.159. The van der Waals surface area contributed by atoms with E-state index < -0.39 is 21.5 Å². The van der Waals surface area contributed by atoms with Gasteiger partial charge in [0.15, 0.2) is 0 Å². The molecule has 26 heavy (non-hydrogen) atoms. The van der Waals surface area contributed by atoms with E-state index in [4.69, 9.17) is 4.74 Å². The molecule has 1 amide bonds. The number of carbonyl (C=O) groups excluding carboxylic acids is 1. The van der Waals surface area contributed by atoms with E-state index in [0.717, 1.165) is 16.9 Å². The molecule has 2 N–H and O–H groups in total. The highest BCUT2D eigenvalue weighted by atomic mass is 32.2. The summed E-state index contributed by atoms with van der Waals surface area (Å²) in [6.07, 6.45) is 0. The van der Waals surface area contributed by atoms with Gasteiger partial charge in [0.1, 0.15) is 5.75 Å². The summed E-state index contributed by atoms with van der Waals surface area (Å²) in [5, 5.41) is 10.1. The molecule has 8 nitrogen and oxygen atoms in total. The van der Waals surface area contributed by atoms with Gasteiger partial charge < -0.3 is 10.1 Å². The minimum absolute atomic E-state index is 0.141. The molecule has 0 radical (unpaired) electrons. The molecule has 0 spiro atoms. The molecule has 0 saturated carbocycles. The van der Waals surface area contributed by atoms with Crippen molar-refractivity contribution in [2.45, 2.75) is 38.1 Å². The number of amides is 1. The van der Waals surface area contributed by atoms with Crippen LogP contribution in [0.25, 0.3) is 0 Å². The van der Waals surface area contributed by atoms with E-state index in [1.165, 1.54) is 0 Å². The molecule has 0 aliphatic heterocycles. The van der Waals surface area contributed by atoms with E-state index in [0.29, 0.717) is 5.75 Å². The molecule has 0 fully saturated rings. The van der Waals surface area contributed by atoms with Gasteiger partial charge in [-0.05, 0) is 24.6 Å². The quantitative estimate of drug-likeness (QED) is 0.724. The highest BCUT2D eigenvalue weighted by Gasteiger charge is 2.26. The third kappa shape index (κ3) is 4.99. The van der Waals surface area contributed by atoms with E-state index in [-0.39, 0.29) is 15.4 Å². The number of nitrogens with one attached hydrogen (secondary N) is 2. The van der Waals surface area contributed by atoms with Gasteiger partial charge in [0, 0.05) is 11.5 Å². The molecule has 0 bridgehead atoms. The minimum atomic E-state index is -3.86. The minimum Gasteiger partial charge on any atom is -0.497 e. The number of anilines is 1. The first-order chi connectivity index (χ1) is 12.0. The molecule has 0 aliphatic rings. The fraction of sp³-hybridized carbons (Fsp3) is 0.438.